The Morgan fingerprint density at radius 2 is 2.19 bits per heavy atom. The second-order valence-corrected chi connectivity index (χ2v) is 5.23. The van der Waals surface area contributed by atoms with E-state index in [0.29, 0.717) is 17.3 Å². The third-order valence-corrected chi connectivity index (χ3v) is 3.42. The molecule has 0 saturated heterocycles. The fraction of sp³-hybridized carbons (Fsp3) is 0.438. The van der Waals surface area contributed by atoms with E-state index in [2.05, 4.69) is 11.9 Å². The number of amides is 1. The molecular weight excluding hydrogens is 268 g/mol. The van der Waals surface area contributed by atoms with Gasteiger partial charge in [-0.1, -0.05) is 19.4 Å². The predicted molar refractivity (Wildman–Crippen MR) is 79.9 cm³/mol. The van der Waals surface area contributed by atoms with E-state index in [1.165, 1.54) is 12.3 Å². The monoisotopic (exact) mass is 288 g/mol. The Labute approximate surface area is 124 Å². The molecule has 112 valence electrons. The van der Waals surface area contributed by atoms with Gasteiger partial charge in [-0.3, -0.25) is 9.78 Å². The van der Waals surface area contributed by atoms with Crippen LogP contribution in [0.25, 0.3) is 6.08 Å². The van der Waals surface area contributed by atoms with E-state index < -0.39 is 5.97 Å². The summed E-state index contributed by atoms with van der Waals surface area (Å²) in [6.45, 7) is 2.89. The van der Waals surface area contributed by atoms with Crippen LogP contribution in [0.5, 0.6) is 0 Å². The number of aromatic nitrogens is 1. The van der Waals surface area contributed by atoms with E-state index in [4.69, 9.17) is 5.11 Å². The first-order valence-electron chi connectivity index (χ1n) is 7.30. The Morgan fingerprint density at radius 3 is 2.71 bits per heavy atom. The van der Waals surface area contributed by atoms with E-state index in [9.17, 15) is 9.59 Å². The Bertz CT molecular complexity index is 533. The van der Waals surface area contributed by atoms with Gasteiger partial charge in [0.1, 0.15) is 5.69 Å². The number of hydrogen-bond donors (Lipinski definition) is 1. The van der Waals surface area contributed by atoms with Crippen molar-refractivity contribution in [2.75, 3.05) is 6.54 Å². The number of pyridine rings is 1. The van der Waals surface area contributed by atoms with E-state index in [-0.39, 0.29) is 5.91 Å². The summed E-state index contributed by atoms with van der Waals surface area (Å²) in [6.07, 6.45) is 8.25. The standard InChI is InChI=1S/C16H20N2O3/c1-2-3-10-18(13-6-7-13)16(21)14-8-4-12(11-17-14)5-9-15(19)20/h4-5,8-9,11,13H,2-3,6-7,10H2,1H3,(H,19,20). The molecule has 0 atom stereocenters. The van der Waals surface area contributed by atoms with Crippen LogP contribution in [0, 0.1) is 0 Å². The van der Waals surface area contributed by atoms with Gasteiger partial charge < -0.3 is 10.0 Å². The quantitative estimate of drug-likeness (QED) is 0.783. The molecule has 0 bridgehead atoms. The van der Waals surface area contributed by atoms with Gasteiger partial charge in [-0.15, -0.1) is 0 Å². The number of carboxylic acid groups (broad SMARTS) is 1. The smallest absolute Gasteiger partial charge is 0.328 e. The Balaban J connectivity index is 2.05. The molecule has 1 heterocycles. The molecule has 1 aliphatic carbocycles. The highest BCUT2D eigenvalue weighted by atomic mass is 16.4. The van der Waals surface area contributed by atoms with Gasteiger partial charge in [0, 0.05) is 24.9 Å². The third-order valence-electron chi connectivity index (χ3n) is 3.42. The van der Waals surface area contributed by atoms with Gasteiger partial charge in [0.25, 0.3) is 5.91 Å². The Kier molecular flexibility index (Phi) is 5.09. The zero-order chi connectivity index (χ0) is 15.2. The van der Waals surface area contributed by atoms with Crippen LogP contribution in [0.15, 0.2) is 24.4 Å². The van der Waals surface area contributed by atoms with Gasteiger partial charge in [-0.05, 0) is 37.0 Å². The molecule has 5 nitrogen and oxygen atoms in total. The first-order chi connectivity index (χ1) is 10.1. The van der Waals surface area contributed by atoms with Gasteiger partial charge in [0.05, 0.1) is 0 Å². The van der Waals surface area contributed by atoms with Crippen molar-refractivity contribution in [3.05, 3.63) is 35.7 Å². The van der Waals surface area contributed by atoms with Crippen molar-refractivity contribution < 1.29 is 14.7 Å². The summed E-state index contributed by atoms with van der Waals surface area (Å²) in [7, 11) is 0. The summed E-state index contributed by atoms with van der Waals surface area (Å²) in [5.74, 6) is -1.03. The van der Waals surface area contributed by atoms with Crippen molar-refractivity contribution in [2.24, 2.45) is 0 Å². The number of hydrogen-bond acceptors (Lipinski definition) is 3. The largest absolute Gasteiger partial charge is 0.478 e. The number of rotatable bonds is 7. The molecule has 0 radical (unpaired) electrons. The number of carbonyl (C=O) groups excluding carboxylic acids is 1. The van der Waals surface area contributed by atoms with Crippen LogP contribution in [-0.4, -0.2) is 39.5 Å². The van der Waals surface area contributed by atoms with Crippen LogP contribution in [-0.2, 0) is 4.79 Å². The van der Waals surface area contributed by atoms with Crippen molar-refractivity contribution in [1.29, 1.82) is 0 Å². The highest BCUT2D eigenvalue weighted by Crippen LogP contribution is 2.28. The van der Waals surface area contributed by atoms with Gasteiger partial charge in [0.2, 0.25) is 0 Å². The molecule has 0 spiro atoms. The average Bonchev–Trinajstić information content (AvgIpc) is 3.30. The lowest BCUT2D eigenvalue weighted by atomic mass is 10.2. The van der Waals surface area contributed by atoms with Gasteiger partial charge >= 0.3 is 5.97 Å². The molecule has 1 aliphatic rings. The second-order valence-electron chi connectivity index (χ2n) is 5.23. The van der Waals surface area contributed by atoms with Crippen LogP contribution in [0.4, 0.5) is 0 Å². The maximum Gasteiger partial charge on any atom is 0.328 e. The molecule has 0 unspecified atom stereocenters. The van der Waals surface area contributed by atoms with Crippen molar-refractivity contribution in [3.8, 4) is 0 Å². The van der Waals surface area contributed by atoms with E-state index >= 15 is 0 Å². The average molecular weight is 288 g/mol. The second kappa shape index (κ2) is 7.02. The number of carbonyl (C=O) groups is 2. The molecule has 21 heavy (non-hydrogen) atoms. The van der Waals surface area contributed by atoms with Crippen LogP contribution in [0.3, 0.4) is 0 Å². The summed E-state index contributed by atoms with van der Waals surface area (Å²) in [4.78, 5) is 29.0. The van der Waals surface area contributed by atoms with Crippen LogP contribution < -0.4 is 0 Å². The lowest BCUT2D eigenvalue weighted by Crippen LogP contribution is -2.34. The summed E-state index contributed by atoms with van der Waals surface area (Å²) in [5.41, 5.74) is 1.09. The van der Waals surface area contributed by atoms with Crippen LogP contribution in [0.1, 0.15) is 48.7 Å². The van der Waals surface area contributed by atoms with Gasteiger partial charge in [-0.2, -0.15) is 0 Å². The van der Waals surface area contributed by atoms with Crippen molar-refractivity contribution in [2.45, 2.75) is 38.6 Å². The van der Waals surface area contributed by atoms with Crippen LogP contribution in [0.2, 0.25) is 0 Å². The number of carboxylic acids is 1. The summed E-state index contributed by atoms with van der Waals surface area (Å²) < 4.78 is 0. The zero-order valence-corrected chi connectivity index (χ0v) is 12.2. The number of aliphatic carboxylic acids is 1. The zero-order valence-electron chi connectivity index (χ0n) is 12.2. The number of nitrogens with zero attached hydrogens (tertiary/aromatic N) is 2. The lowest BCUT2D eigenvalue weighted by Gasteiger charge is -2.21. The first-order valence-corrected chi connectivity index (χ1v) is 7.30. The summed E-state index contributed by atoms with van der Waals surface area (Å²) >= 11 is 0. The lowest BCUT2D eigenvalue weighted by molar-refractivity contribution is -0.131. The molecule has 1 aromatic heterocycles. The van der Waals surface area contributed by atoms with E-state index in [1.54, 1.807) is 12.1 Å². The minimum absolute atomic E-state index is 0.0280. The van der Waals surface area contributed by atoms with Crippen LogP contribution >= 0.6 is 0 Å². The molecule has 0 aromatic carbocycles. The van der Waals surface area contributed by atoms with Gasteiger partial charge in [0.15, 0.2) is 0 Å². The fourth-order valence-electron chi connectivity index (χ4n) is 2.11. The minimum atomic E-state index is -1.00. The molecule has 1 saturated carbocycles. The van der Waals surface area contributed by atoms with E-state index in [1.807, 2.05) is 4.90 Å². The molecule has 1 aromatic rings. The molecule has 0 aliphatic heterocycles. The SMILES string of the molecule is CCCCN(C(=O)c1ccc(C=CC(=O)O)cn1)C1CC1. The third kappa shape index (κ3) is 4.41. The minimum Gasteiger partial charge on any atom is -0.478 e. The summed E-state index contributed by atoms with van der Waals surface area (Å²) in [5, 5.41) is 8.57. The Morgan fingerprint density at radius 1 is 1.43 bits per heavy atom. The van der Waals surface area contributed by atoms with Crippen molar-refractivity contribution in [1.82, 2.24) is 9.88 Å². The summed E-state index contributed by atoms with van der Waals surface area (Å²) in [6, 6.07) is 3.74. The molecule has 5 heteroatoms. The normalized spacial score (nSPS) is 14.3. The van der Waals surface area contributed by atoms with E-state index in [0.717, 1.165) is 38.3 Å². The predicted octanol–water partition coefficient (Wildman–Crippen LogP) is 2.58. The highest BCUT2D eigenvalue weighted by Gasteiger charge is 2.32. The molecule has 1 fully saturated rings. The Hall–Kier alpha value is -2.17. The van der Waals surface area contributed by atoms with Gasteiger partial charge in [-0.25, -0.2) is 4.79 Å². The molecular formula is C16H20N2O3. The maximum absolute atomic E-state index is 12.5. The molecule has 1 N–H and O–H groups in total. The van der Waals surface area contributed by atoms with Crippen molar-refractivity contribution >= 4 is 18.0 Å². The highest BCUT2D eigenvalue weighted by molar-refractivity contribution is 5.93. The molecule has 1 amide bonds. The number of unbranched alkanes of at least 4 members (excludes halogenated alkanes) is 1. The van der Waals surface area contributed by atoms with Crippen molar-refractivity contribution in [3.63, 3.8) is 0 Å². The molecule has 2 rings (SSSR count). The first kappa shape index (κ1) is 15.2. The fourth-order valence-corrected chi connectivity index (χ4v) is 2.11. The maximum atomic E-state index is 12.5. The topological polar surface area (TPSA) is 70.5 Å².